The lowest BCUT2D eigenvalue weighted by molar-refractivity contribution is -0.140. The second-order valence-electron chi connectivity index (χ2n) is 4.50. The third kappa shape index (κ3) is 4.54. The summed E-state index contributed by atoms with van der Waals surface area (Å²) in [6, 6.07) is 6.15. The highest BCUT2D eigenvalue weighted by Gasteiger charge is 2.08. The second-order valence-corrected chi connectivity index (χ2v) is 6.27. The topological polar surface area (TPSA) is 51.2 Å². The second kappa shape index (κ2) is 7.56. The summed E-state index contributed by atoms with van der Waals surface area (Å²) in [6.07, 6.45) is 1.91. The van der Waals surface area contributed by atoms with Crippen LogP contribution in [0.1, 0.15) is 24.6 Å². The Morgan fingerprint density at radius 3 is 3.00 bits per heavy atom. The molecule has 0 aliphatic heterocycles. The van der Waals surface area contributed by atoms with Crippen LogP contribution in [0.5, 0.6) is 0 Å². The van der Waals surface area contributed by atoms with Crippen molar-refractivity contribution in [1.82, 2.24) is 4.98 Å². The van der Waals surface area contributed by atoms with Crippen molar-refractivity contribution in [2.24, 2.45) is 0 Å². The van der Waals surface area contributed by atoms with Crippen LogP contribution in [0.2, 0.25) is 0 Å². The van der Waals surface area contributed by atoms with Crippen LogP contribution >= 0.6 is 27.3 Å². The maximum Gasteiger partial charge on any atom is 0.305 e. The molecular weight excluding hydrogens is 352 g/mol. The smallest absolute Gasteiger partial charge is 0.305 e. The Balaban J connectivity index is 2.04. The van der Waals surface area contributed by atoms with Gasteiger partial charge < -0.3 is 10.1 Å². The molecule has 0 aliphatic carbocycles. The summed E-state index contributed by atoms with van der Waals surface area (Å²) < 4.78 is 5.70. The number of aromatic nitrogens is 1. The van der Waals surface area contributed by atoms with Gasteiger partial charge >= 0.3 is 5.97 Å². The van der Waals surface area contributed by atoms with Gasteiger partial charge in [0.1, 0.15) is 0 Å². The van der Waals surface area contributed by atoms with Gasteiger partial charge in [-0.05, 0) is 30.2 Å². The maximum absolute atomic E-state index is 11.1. The van der Waals surface area contributed by atoms with Crippen LogP contribution in [-0.4, -0.2) is 18.1 Å². The molecule has 0 saturated heterocycles. The fourth-order valence-electron chi connectivity index (χ4n) is 1.90. The molecular formula is C15H17BrN2O2S. The number of aryl methyl sites for hydroxylation is 2. The van der Waals surface area contributed by atoms with Gasteiger partial charge in [-0.3, -0.25) is 4.79 Å². The molecule has 1 heterocycles. The Hall–Kier alpha value is -1.40. The van der Waals surface area contributed by atoms with Gasteiger partial charge in [-0.1, -0.05) is 22.9 Å². The van der Waals surface area contributed by atoms with Gasteiger partial charge in [-0.2, -0.15) is 0 Å². The number of hydrogen-bond donors (Lipinski definition) is 1. The lowest BCUT2D eigenvalue weighted by Gasteiger charge is -2.09. The van der Waals surface area contributed by atoms with E-state index < -0.39 is 0 Å². The van der Waals surface area contributed by atoms with Gasteiger partial charge in [-0.15, -0.1) is 11.3 Å². The summed E-state index contributed by atoms with van der Waals surface area (Å²) in [5.74, 6) is -0.210. The SMILES string of the molecule is CCc1cc(Br)ccc1Nc1nc(CCC(=O)OC)cs1. The molecule has 1 aromatic carbocycles. The number of benzene rings is 1. The van der Waals surface area contributed by atoms with Crippen LogP contribution in [-0.2, 0) is 22.4 Å². The molecule has 0 unspecified atom stereocenters. The van der Waals surface area contributed by atoms with Crippen molar-refractivity contribution in [3.8, 4) is 0 Å². The number of carbonyl (C=O) groups is 1. The molecule has 2 rings (SSSR count). The van der Waals surface area contributed by atoms with Crippen LogP contribution in [0.25, 0.3) is 0 Å². The van der Waals surface area contributed by atoms with Gasteiger partial charge in [-0.25, -0.2) is 4.98 Å². The summed E-state index contributed by atoms with van der Waals surface area (Å²) in [7, 11) is 1.40. The van der Waals surface area contributed by atoms with E-state index in [-0.39, 0.29) is 5.97 Å². The number of esters is 1. The summed E-state index contributed by atoms with van der Waals surface area (Å²) in [6.45, 7) is 2.12. The van der Waals surface area contributed by atoms with Gasteiger partial charge in [0.15, 0.2) is 5.13 Å². The number of rotatable bonds is 6. The fourth-order valence-corrected chi connectivity index (χ4v) is 3.07. The van der Waals surface area contributed by atoms with E-state index in [1.165, 1.54) is 12.7 Å². The van der Waals surface area contributed by atoms with Crippen molar-refractivity contribution in [2.75, 3.05) is 12.4 Å². The number of ether oxygens (including phenoxy) is 1. The van der Waals surface area contributed by atoms with Crippen LogP contribution in [0, 0.1) is 0 Å². The Bertz CT molecular complexity index is 628. The highest BCUT2D eigenvalue weighted by Crippen LogP contribution is 2.27. The first-order chi connectivity index (χ1) is 10.1. The minimum absolute atomic E-state index is 0.210. The fraction of sp³-hybridized carbons (Fsp3) is 0.333. The van der Waals surface area contributed by atoms with Crippen molar-refractivity contribution in [3.05, 3.63) is 39.3 Å². The van der Waals surface area contributed by atoms with E-state index in [0.717, 1.165) is 27.4 Å². The first-order valence-corrected chi connectivity index (χ1v) is 8.36. The molecule has 0 spiro atoms. The third-order valence-corrected chi connectivity index (χ3v) is 4.35. The predicted octanol–water partition coefficient (Wildman–Crippen LogP) is 4.32. The number of halogens is 1. The number of nitrogens with one attached hydrogen (secondary N) is 1. The summed E-state index contributed by atoms with van der Waals surface area (Å²) >= 11 is 5.02. The van der Waals surface area contributed by atoms with Crippen LogP contribution in [0.15, 0.2) is 28.1 Å². The van der Waals surface area contributed by atoms with E-state index in [1.807, 2.05) is 17.5 Å². The van der Waals surface area contributed by atoms with E-state index in [9.17, 15) is 4.79 Å². The van der Waals surface area contributed by atoms with Crippen LogP contribution in [0.3, 0.4) is 0 Å². The standard InChI is InChI=1S/C15H17BrN2O2S/c1-3-10-8-11(16)4-6-13(10)18-15-17-12(9-21-15)5-7-14(19)20-2/h4,6,8-9H,3,5,7H2,1-2H3,(H,17,18). The molecule has 0 saturated carbocycles. The zero-order chi connectivity index (χ0) is 15.2. The highest BCUT2D eigenvalue weighted by molar-refractivity contribution is 9.10. The lowest BCUT2D eigenvalue weighted by Crippen LogP contribution is -2.02. The minimum atomic E-state index is -0.210. The normalized spacial score (nSPS) is 10.4. The first kappa shape index (κ1) is 16.0. The Kier molecular flexibility index (Phi) is 5.76. The summed E-state index contributed by atoms with van der Waals surface area (Å²) in [4.78, 5) is 15.6. The molecule has 4 nitrogen and oxygen atoms in total. The van der Waals surface area contributed by atoms with Crippen molar-refractivity contribution >= 4 is 44.1 Å². The van der Waals surface area contributed by atoms with Gasteiger partial charge in [0.2, 0.25) is 0 Å². The zero-order valence-corrected chi connectivity index (χ0v) is 14.4. The lowest BCUT2D eigenvalue weighted by atomic mass is 10.1. The minimum Gasteiger partial charge on any atom is -0.469 e. The highest BCUT2D eigenvalue weighted by atomic mass is 79.9. The molecule has 0 fully saturated rings. The van der Waals surface area contributed by atoms with Crippen molar-refractivity contribution < 1.29 is 9.53 Å². The molecule has 0 radical (unpaired) electrons. The van der Waals surface area contributed by atoms with Gasteiger partial charge in [0.25, 0.3) is 0 Å². The van der Waals surface area contributed by atoms with Gasteiger partial charge in [0, 0.05) is 22.0 Å². The molecule has 21 heavy (non-hydrogen) atoms. The van der Waals surface area contributed by atoms with E-state index in [0.29, 0.717) is 12.8 Å². The average Bonchev–Trinajstić information content (AvgIpc) is 2.94. The summed E-state index contributed by atoms with van der Waals surface area (Å²) in [5, 5.41) is 6.15. The van der Waals surface area contributed by atoms with Crippen LogP contribution < -0.4 is 5.32 Å². The molecule has 0 amide bonds. The Labute approximate surface area is 136 Å². The molecule has 2 aromatic rings. The zero-order valence-electron chi connectivity index (χ0n) is 12.0. The molecule has 0 aliphatic rings. The number of anilines is 2. The van der Waals surface area contributed by atoms with Crippen molar-refractivity contribution in [1.29, 1.82) is 0 Å². The molecule has 112 valence electrons. The Morgan fingerprint density at radius 2 is 2.29 bits per heavy atom. The van der Waals surface area contributed by atoms with Crippen molar-refractivity contribution in [2.45, 2.75) is 26.2 Å². The van der Waals surface area contributed by atoms with Crippen LogP contribution in [0.4, 0.5) is 10.8 Å². The van der Waals surface area contributed by atoms with E-state index >= 15 is 0 Å². The number of hydrogen-bond acceptors (Lipinski definition) is 5. The number of carbonyl (C=O) groups excluding carboxylic acids is 1. The summed E-state index contributed by atoms with van der Waals surface area (Å²) in [5.41, 5.74) is 3.20. The molecule has 1 aromatic heterocycles. The molecule has 0 atom stereocenters. The Morgan fingerprint density at radius 1 is 1.48 bits per heavy atom. The van der Waals surface area contributed by atoms with E-state index in [1.54, 1.807) is 11.3 Å². The maximum atomic E-state index is 11.1. The van der Waals surface area contributed by atoms with E-state index in [4.69, 9.17) is 0 Å². The van der Waals surface area contributed by atoms with E-state index in [2.05, 4.69) is 44.0 Å². The quantitative estimate of drug-likeness (QED) is 0.771. The third-order valence-electron chi connectivity index (χ3n) is 3.05. The first-order valence-electron chi connectivity index (χ1n) is 6.69. The average molecular weight is 369 g/mol. The predicted molar refractivity (Wildman–Crippen MR) is 89.3 cm³/mol. The number of thiazole rings is 1. The largest absolute Gasteiger partial charge is 0.469 e. The molecule has 6 heteroatoms. The molecule has 1 N–H and O–H groups in total. The number of nitrogens with zero attached hydrogens (tertiary/aromatic N) is 1. The van der Waals surface area contributed by atoms with Gasteiger partial charge in [0.05, 0.1) is 19.2 Å². The monoisotopic (exact) mass is 368 g/mol. The number of methoxy groups -OCH3 is 1. The van der Waals surface area contributed by atoms with Crippen molar-refractivity contribution in [3.63, 3.8) is 0 Å². The molecule has 0 bridgehead atoms.